The van der Waals surface area contributed by atoms with Crippen molar-refractivity contribution >= 4 is 34.4 Å². The molecule has 0 bridgehead atoms. The average Bonchev–Trinajstić information content (AvgIpc) is 3.15. The van der Waals surface area contributed by atoms with Crippen LogP contribution >= 0.6 is 11.6 Å². The second kappa shape index (κ2) is 8.50. The Labute approximate surface area is 197 Å². The zero-order valence-corrected chi connectivity index (χ0v) is 20.0. The van der Waals surface area contributed by atoms with E-state index in [1.54, 1.807) is 19.9 Å². The van der Waals surface area contributed by atoms with E-state index < -0.39 is 17.0 Å². The molecule has 33 heavy (non-hydrogen) atoms. The first kappa shape index (κ1) is 23.3. The molecule has 1 saturated carbocycles. The highest BCUT2D eigenvalue weighted by Gasteiger charge is 2.50. The normalized spacial score (nSPS) is 21.2. The van der Waals surface area contributed by atoms with Crippen molar-refractivity contribution < 1.29 is 19.7 Å². The molecule has 2 heterocycles. The quantitative estimate of drug-likeness (QED) is 0.484. The minimum Gasteiger partial charge on any atom is -0.481 e. The molecular weight excluding hydrogens is 444 g/mol. The summed E-state index contributed by atoms with van der Waals surface area (Å²) in [6, 6.07) is 10.1. The number of rotatable bonds is 6. The lowest BCUT2D eigenvalue weighted by Crippen LogP contribution is -2.52. The number of benzene rings is 1. The molecule has 3 N–H and O–H groups in total. The molecule has 3 aromatic rings. The van der Waals surface area contributed by atoms with Crippen molar-refractivity contribution in [1.29, 1.82) is 0 Å². The molecule has 8 nitrogen and oxygen atoms in total. The van der Waals surface area contributed by atoms with Crippen molar-refractivity contribution in [2.45, 2.75) is 51.2 Å². The van der Waals surface area contributed by atoms with E-state index in [4.69, 9.17) is 16.3 Å². The van der Waals surface area contributed by atoms with E-state index >= 15 is 0 Å². The number of imidazole rings is 1. The van der Waals surface area contributed by atoms with Gasteiger partial charge in [-0.25, -0.2) is 4.98 Å². The zero-order valence-electron chi connectivity index (χ0n) is 19.2. The number of aliphatic carboxylic acids is 1. The molecule has 0 saturated heterocycles. The number of aromatic nitrogens is 3. The van der Waals surface area contributed by atoms with Gasteiger partial charge in [-0.3, -0.25) is 4.79 Å². The number of nitrogens with zero attached hydrogens (tertiary/aromatic N) is 3. The van der Waals surface area contributed by atoms with Gasteiger partial charge in [-0.05, 0) is 57.7 Å². The van der Waals surface area contributed by atoms with E-state index in [2.05, 4.69) is 15.0 Å². The van der Waals surface area contributed by atoms with Gasteiger partial charge in [0.05, 0.1) is 27.2 Å². The number of carboxylic acids is 1. The van der Waals surface area contributed by atoms with E-state index in [0.29, 0.717) is 53.6 Å². The number of carboxylic acid groups (broad SMARTS) is 1. The summed E-state index contributed by atoms with van der Waals surface area (Å²) >= 11 is 6.50. The number of carbonyl (C=O) groups is 1. The molecule has 0 atom stereocenters. The van der Waals surface area contributed by atoms with Crippen LogP contribution in [-0.4, -0.2) is 56.9 Å². The molecule has 9 heteroatoms. The number of ether oxygens (including phenoxy) is 1. The number of nitrogens with one attached hydrogen (secondary N) is 1. The van der Waals surface area contributed by atoms with Crippen LogP contribution in [0.5, 0.6) is 6.01 Å². The van der Waals surface area contributed by atoms with Gasteiger partial charge in [0.25, 0.3) is 6.01 Å². The fraction of sp³-hybridized carbons (Fsp3) is 0.458. The lowest BCUT2D eigenvalue weighted by molar-refractivity contribution is -0.171. The molecule has 2 aromatic heterocycles. The fourth-order valence-corrected chi connectivity index (χ4v) is 4.50. The smallest absolute Gasteiger partial charge is 0.312 e. The molecule has 176 valence electrons. The van der Waals surface area contributed by atoms with Gasteiger partial charge in [-0.15, -0.1) is 0 Å². The highest BCUT2D eigenvalue weighted by atomic mass is 35.5. The SMILES string of the molecule is CN(C)c1ccc(-c2nc3nc(OC4CCC(O)(C(C)(C)C(=O)O)CC4)[nH]c3cc2Cl)cc1. The van der Waals surface area contributed by atoms with Crippen molar-refractivity contribution in [3.05, 3.63) is 35.4 Å². The Kier molecular flexibility index (Phi) is 6.01. The summed E-state index contributed by atoms with van der Waals surface area (Å²) in [4.78, 5) is 25.8. The van der Waals surface area contributed by atoms with Crippen LogP contribution in [0.4, 0.5) is 5.69 Å². The van der Waals surface area contributed by atoms with Crippen LogP contribution in [0.1, 0.15) is 39.5 Å². The van der Waals surface area contributed by atoms with E-state index in [1.807, 2.05) is 43.3 Å². The molecule has 1 fully saturated rings. The van der Waals surface area contributed by atoms with Gasteiger partial charge in [-0.1, -0.05) is 23.7 Å². The van der Waals surface area contributed by atoms with Crippen molar-refractivity contribution in [3.63, 3.8) is 0 Å². The van der Waals surface area contributed by atoms with Crippen LogP contribution in [0.2, 0.25) is 5.02 Å². The molecule has 0 aliphatic heterocycles. The highest BCUT2D eigenvalue weighted by molar-refractivity contribution is 6.33. The Morgan fingerprint density at radius 3 is 2.42 bits per heavy atom. The standard InChI is InChI=1S/C24H29ClN4O4/c1-23(2,21(30)31)24(32)11-9-16(10-12-24)33-22-26-18-13-17(25)19(27-20(18)28-22)14-5-7-15(8-6-14)29(3)4/h5-8,13,16,32H,9-12H2,1-4H3,(H,30,31)(H,26,27,28). The predicted octanol–water partition coefficient (Wildman–Crippen LogP) is 4.51. The Morgan fingerprint density at radius 2 is 1.85 bits per heavy atom. The van der Waals surface area contributed by atoms with Crippen molar-refractivity contribution in [2.75, 3.05) is 19.0 Å². The first-order valence-corrected chi connectivity index (χ1v) is 11.3. The number of aromatic amines is 1. The van der Waals surface area contributed by atoms with Crippen LogP contribution < -0.4 is 9.64 Å². The zero-order chi connectivity index (χ0) is 24.0. The maximum Gasteiger partial charge on any atom is 0.312 e. The van der Waals surface area contributed by atoms with E-state index in [0.717, 1.165) is 11.3 Å². The van der Waals surface area contributed by atoms with E-state index in [1.165, 1.54) is 0 Å². The fourth-order valence-electron chi connectivity index (χ4n) is 4.24. The summed E-state index contributed by atoms with van der Waals surface area (Å²) in [5.74, 6) is -1.00. The Morgan fingerprint density at radius 1 is 1.21 bits per heavy atom. The lowest BCUT2D eigenvalue weighted by Gasteiger charge is -2.44. The van der Waals surface area contributed by atoms with Gasteiger partial charge >= 0.3 is 5.97 Å². The summed E-state index contributed by atoms with van der Waals surface area (Å²) in [5, 5.41) is 20.9. The molecular formula is C24H29ClN4O4. The largest absolute Gasteiger partial charge is 0.481 e. The van der Waals surface area contributed by atoms with E-state index in [9.17, 15) is 15.0 Å². The predicted molar refractivity (Wildman–Crippen MR) is 128 cm³/mol. The third-order valence-corrected chi connectivity index (χ3v) is 7.09. The van der Waals surface area contributed by atoms with Gasteiger partial charge in [0.2, 0.25) is 0 Å². The summed E-state index contributed by atoms with van der Waals surface area (Å²) in [6.07, 6.45) is 1.57. The van der Waals surface area contributed by atoms with Crippen LogP contribution in [0.25, 0.3) is 22.4 Å². The molecule has 0 spiro atoms. The number of aliphatic hydroxyl groups is 1. The number of anilines is 1. The maximum absolute atomic E-state index is 11.6. The molecule has 1 aliphatic rings. The Hall–Kier alpha value is -2.84. The summed E-state index contributed by atoms with van der Waals surface area (Å²) in [5.41, 5.74) is 1.30. The van der Waals surface area contributed by atoms with Crippen molar-refractivity contribution in [2.24, 2.45) is 5.41 Å². The topological polar surface area (TPSA) is 112 Å². The number of H-pyrrole nitrogens is 1. The lowest BCUT2D eigenvalue weighted by atomic mass is 9.66. The summed E-state index contributed by atoms with van der Waals surface area (Å²) in [6.45, 7) is 3.13. The Balaban J connectivity index is 1.50. The van der Waals surface area contributed by atoms with Gasteiger partial charge in [0, 0.05) is 25.3 Å². The number of hydrogen-bond donors (Lipinski definition) is 3. The summed E-state index contributed by atoms with van der Waals surface area (Å²) in [7, 11) is 3.97. The van der Waals surface area contributed by atoms with Crippen LogP contribution in [-0.2, 0) is 4.79 Å². The van der Waals surface area contributed by atoms with Crippen molar-refractivity contribution in [3.8, 4) is 17.3 Å². The van der Waals surface area contributed by atoms with Gasteiger partial charge < -0.3 is 24.8 Å². The van der Waals surface area contributed by atoms with Gasteiger partial charge in [-0.2, -0.15) is 4.98 Å². The molecule has 0 amide bonds. The number of hydrogen-bond acceptors (Lipinski definition) is 6. The first-order chi connectivity index (χ1) is 15.5. The minimum absolute atomic E-state index is 0.177. The molecule has 0 unspecified atom stereocenters. The molecule has 1 aliphatic carbocycles. The highest BCUT2D eigenvalue weighted by Crippen LogP contribution is 2.43. The van der Waals surface area contributed by atoms with Gasteiger partial charge in [0.1, 0.15) is 6.10 Å². The van der Waals surface area contributed by atoms with E-state index in [-0.39, 0.29) is 6.10 Å². The first-order valence-electron chi connectivity index (χ1n) is 11.0. The number of halogens is 1. The number of pyridine rings is 1. The van der Waals surface area contributed by atoms with Crippen LogP contribution in [0.15, 0.2) is 30.3 Å². The summed E-state index contributed by atoms with van der Waals surface area (Å²) < 4.78 is 6.02. The molecule has 4 rings (SSSR count). The maximum atomic E-state index is 11.6. The third-order valence-electron chi connectivity index (χ3n) is 6.80. The average molecular weight is 473 g/mol. The molecule has 1 aromatic carbocycles. The van der Waals surface area contributed by atoms with Crippen LogP contribution in [0.3, 0.4) is 0 Å². The van der Waals surface area contributed by atoms with Crippen molar-refractivity contribution in [1.82, 2.24) is 15.0 Å². The second-order valence-corrected chi connectivity index (χ2v) is 9.86. The third kappa shape index (κ3) is 4.37. The minimum atomic E-state index is -1.27. The second-order valence-electron chi connectivity index (χ2n) is 9.45. The number of fused-ring (bicyclic) bond motifs is 1. The molecule has 0 radical (unpaired) electrons. The Bertz CT molecular complexity index is 1170. The van der Waals surface area contributed by atoms with Crippen LogP contribution in [0, 0.1) is 5.41 Å². The van der Waals surface area contributed by atoms with Gasteiger partial charge in [0.15, 0.2) is 5.65 Å². The monoisotopic (exact) mass is 472 g/mol.